The first kappa shape index (κ1) is 10.4. The number of aromatic nitrogens is 1. The summed E-state index contributed by atoms with van der Waals surface area (Å²) in [6.07, 6.45) is 1.65. The highest BCUT2D eigenvalue weighted by Gasteiger charge is 2.09. The summed E-state index contributed by atoms with van der Waals surface area (Å²) in [6.45, 7) is 3.67. The summed E-state index contributed by atoms with van der Waals surface area (Å²) in [4.78, 5) is 15.8. The third-order valence-electron chi connectivity index (χ3n) is 2.12. The van der Waals surface area contributed by atoms with Crippen molar-refractivity contribution < 1.29 is 9.21 Å². The van der Waals surface area contributed by atoms with E-state index in [9.17, 15) is 4.79 Å². The topological polar surface area (TPSA) is 55.1 Å². The Hall–Kier alpha value is -2.10. The summed E-state index contributed by atoms with van der Waals surface area (Å²) in [5.41, 5.74) is 1.57. The number of carbonyl (C=O) groups excluding carboxylic acids is 1. The highest BCUT2D eigenvalue weighted by Crippen LogP contribution is 2.11. The Kier molecular flexibility index (Phi) is 2.72. The largest absolute Gasteiger partial charge is 0.456 e. The molecule has 0 bridgehead atoms. The van der Waals surface area contributed by atoms with Gasteiger partial charge < -0.3 is 9.73 Å². The molecule has 0 aliphatic carbocycles. The number of nitrogens with zero attached hydrogens (tertiary/aromatic N) is 1. The van der Waals surface area contributed by atoms with Crippen LogP contribution >= 0.6 is 0 Å². The van der Waals surface area contributed by atoms with Crippen molar-refractivity contribution >= 4 is 11.6 Å². The standard InChI is InChI=1S/C12H12N2O2/c1-8-7-10(5-6-13-8)14-12(15)11-4-3-9(2)16-11/h3-7H,1-2H3,(H,13,14,15). The zero-order valence-electron chi connectivity index (χ0n) is 9.15. The lowest BCUT2D eigenvalue weighted by Crippen LogP contribution is -2.10. The second kappa shape index (κ2) is 4.18. The van der Waals surface area contributed by atoms with Crippen LogP contribution in [0.5, 0.6) is 0 Å². The van der Waals surface area contributed by atoms with Gasteiger partial charge in [0, 0.05) is 17.6 Å². The van der Waals surface area contributed by atoms with Crippen LogP contribution in [0.3, 0.4) is 0 Å². The van der Waals surface area contributed by atoms with Gasteiger partial charge in [0.25, 0.3) is 5.91 Å². The van der Waals surface area contributed by atoms with E-state index in [1.54, 1.807) is 37.4 Å². The molecular weight excluding hydrogens is 204 g/mol. The number of aryl methyl sites for hydroxylation is 2. The van der Waals surface area contributed by atoms with Gasteiger partial charge in [0.2, 0.25) is 0 Å². The maximum Gasteiger partial charge on any atom is 0.291 e. The lowest BCUT2D eigenvalue weighted by Gasteiger charge is -2.03. The van der Waals surface area contributed by atoms with Crippen molar-refractivity contribution in [1.82, 2.24) is 4.98 Å². The first-order chi connectivity index (χ1) is 7.65. The summed E-state index contributed by atoms with van der Waals surface area (Å²) in [5, 5.41) is 2.74. The van der Waals surface area contributed by atoms with Crippen molar-refractivity contribution in [3.8, 4) is 0 Å². The summed E-state index contributed by atoms with van der Waals surface area (Å²) in [7, 11) is 0. The van der Waals surface area contributed by atoms with Gasteiger partial charge in [0.1, 0.15) is 5.76 Å². The fraction of sp³-hybridized carbons (Fsp3) is 0.167. The fourth-order valence-electron chi connectivity index (χ4n) is 1.37. The number of hydrogen-bond acceptors (Lipinski definition) is 3. The first-order valence-electron chi connectivity index (χ1n) is 4.95. The van der Waals surface area contributed by atoms with Crippen molar-refractivity contribution in [3.63, 3.8) is 0 Å². The molecule has 0 spiro atoms. The minimum atomic E-state index is -0.251. The van der Waals surface area contributed by atoms with E-state index in [0.29, 0.717) is 11.4 Å². The van der Waals surface area contributed by atoms with Gasteiger partial charge in [0.15, 0.2) is 5.76 Å². The lowest BCUT2D eigenvalue weighted by atomic mass is 10.3. The van der Waals surface area contributed by atoms with Crippen LogP contribution in [-0.2, 0) is 0 Å². The van der Waals surface area contributed by atoms with Crippen molar-refractivity contribution in [3.05, 3.63) is 47.7 Å². The number of pyridine rings is 1. The molecule has 1 amide bonds. The van der Waals surface area contributed by atoms with E-state index in [2.05, 4.69) is 10.3 Å². The average Bonchev–Trinajstić information content (AvgIpc) is 2.65. The molecule has 4 heteroatoms. The van der Waals surface area contributed by atoms with Crippen LogP contribution in [0.15, 0.2) is 34.9 Å². The Morgan fingerprint density at radius 3 is 2.75 bits per heavy atom. The Morgan fingerprint density at radius 2 is 2.12 bits per heavy atom. The summed E-state index contributed by atoms with van der Waals surface area (Å²) < 4.78 is 5.22. The van der Waals surface area contributed by atoms with Crippen LogP contribution < -0.4 is 5.32 Å². The molecule has 2 rings (SSSR count). The minimum Gasteiger partial charge on any atom is -0.456 e. The number of hydrogen-bond donors (Lipinski definition) is 1. The number of furan rings is 1. The Labute approximate surface area is 93.3 Å². The molecule has 0 radical (unpaired) electrons. The Morgan fingerprint density at radius 1 is 1.31 bits per heavy atom. The number of rotatable bonds is 2. The van der Waals surface area contributed by atoms with Crippen molar-refractivity contribution in [2.75, 3.05) is 5.32 Å². The lowest BCUT2D eigenvalue weighted by molar-refractivity contribution is 0.0995. The molecule has 2 heterocycles. The van der Waals surface area contributed by atoms with Crippen LogP contribution in [0.25, 0.3) is 0 Å². The summed E-state index contributed by atoms with van der Waals surface area (Å²) in [6, 6.07) is 6.94. The molecule has 2 aromatic heterocycles. The maximum absolute atomic E-state index is 11.7. The maximum atomic E-state index is 11.7. The zero-order valence-corrected chi connectivity index (χ0v) is 9.15. The Bertz CT molecular complexity index is 517. The third kappa shape index (κ3) is 2.28. The van der Waals surface area contributed by atoms with E-state index in [0.717, 1.165) is 11.5 Å². The van der Waals surface area contributed by atoms with Gasteiger partial charge in [-0.15, -0.1) is 0 Å². The molecule has 0 aliphatic rings. The molecule has 0 saturated heterocycles. The van der Waals surface area contributed by atoms with Gasteiger partial charge in [-0.25, -0.2) is 0 Å². The predicted molar refractivity (Wildman–Crippen MR) is 60.4 cm³/mol. The molecule has 0 unspecified atom stereocenters. The summed E-state index contributed by atoms with van der Waals surface area (Å²) in [5.74, 6) is 0.779. The first-order valence-corrected chi connectivity index (χ1v) is 4.95. The van der Waals surface area contributed by atoms with E-state index in [1.165, 1.54) is 0 Å². The number of amides is 1. The van der Waals surface area contributed by atoms with E-state index >= 15 is 0 Å². The zero-order chi connectivity index (χ0) is 11.5. The van der Waals surface area contributed by atoms with Gasteiger partial charge in [-0.05, 0) is 38.1 Å². The predicted octanol–water partition coefficient (Wildman–Crippen LogP) is 2.54. The number of nitrogens with one attached hydrogen (secondary N) is 1. The van der Waals surface area contributed by atoms with Gasteiger partial charge in [-0.1, -0.05) is 0 Å². The molecule has 4 nitrogen and oxygen atoms in total. The molecule has 1 N–H and O–H groups in total. The van der Waals surface area contributed by atoms with Crippen molar-refractivity contribution in [2.45, 2.75) is 13.8 Å². The van der Waals surface area contributed by atoms with Gasteiger partial charge in [-0.2, -0.15) is 0 Å². The smallest absolute Gasteiger partial charge is 0.291 e. The van der Waals surface area contributed by atoms with Gasteiger partial charge in [0.05, 0.1) is 0 Å². The molecule has 82 valence electrons. The molecule has 0 fully saturated rings. The summed E-state index contributed by atoms with van der Waals surface area (Å²) >= 11 is 0. The molecule has 0 saturated carbocycles. The molecular formula is C12H12N2O2. The highest BCUT2D eigenvalue weighted by molar-refractivity contribution is 6.02. The van der Waals surface area contributed by atoms with E-state index in [1.807, 2.05) is 6.92 Å². The quantitative estimate of drug-likeness (QED) is 0.839. The second-order valence-corrected chi connectivity index (χ2v) is 3.55. The van der Waals surface area contributed by atoms with E-state index < -0.39 is 0 Å². The monoisotopic (exact) mass is 216 g/mol. The molecule has 16 heavy (non-hydrogen) atoms. The SMILES string of the molecule is Cc1cc(NC(=O)c2ccc(C)o2)ccn1. The third-order valence-corrected chi connectivity index (χ3v) is 2.12. The Balaban J connectivity index is 2.13. The average molecular weight is 216 g/mol. The number of anilines is 1. The van der Waals surface area contributed by atoms with Crippen LogP contribution in [-0.4, -0.2) is 10.9 Å². The molecule has 0 aromatic carbocycles. The van der Waals surface area contributed by atoms with Gasteiger partial charge >= 0.3 is 0 Å². The fourth-order valence-corrected chi connectivity index (χ4v) is 1.37. The van der Waals surface area contributed by atoms with Crippen molar-refractivity contribution in [1.29, 1.82) is 0 Å². The normalized spacial score (nSPS) is 10.1. The minimum absolute atomic E-state index is 0.251. The second-order valence-electron chi connectivity index (χ2n) is 3.55. The molecule has 0 aliphatic heterocycles. The highest BCUT2D eigenvalue weighted by atomic mass is 16.3. The van der Waals surface area contributed by atoms with Crippen LogP contribution in [0.2, 0.25) is 0 Å². The van der Waals surface area contributed by atoms with Gasteiger partial charge in [-0.3, -0.25) is 9.78 Å². The molecule has 2 aromatic rings. The number of carbonyl (C=O) groups is 1. The molecule has 0 atom stereocenters. The van der Waals surface area contributed by atoms with Crippen LogP contribution in [0.1, 0.15) is 22.0 Å². The van der Waals surface area contributed by atoms with E-state index in [-0.39, 0.29) is 5.91 Å². The van der Waals surface area contributed by atoms with Crippen molar-refractivity contribution in [2.24, 2.45) is 0 Å². The van der Waals surface area contributed by atoms with Crippen LogP contribution in [0.4, 0.5) is 5.69 Å². The van der Waals surface area contributed by atoms with Crippen LogP contribution in [0, 0.1) is 13.8 Å². The van der Waals surface area contributed by atoms with E-state index in [4.69, 9.17) is 4.42 Å².